The molecule has 1 atom stereocenters. The summed E-state index contributed by atoms with van der Waals surface area (Å²) in [6.07, 6.45) is 5.85. The van der Waals surface area contributed by atoms with Crippen LogP contribution >= 0.6 is 0 Å². The number of hydrogen-bond acceptors (Lipinski definition) is 2. The summed E-state index contributed by atoms with van der Waals surface area (Å²) < 4.78 is 0. The maximum absolute atomic E-state index is 11.1. The molecule has 2 heteroatoms. The Balaban J connectivity index is 2.52. The van der Waals surface area contributed by atoms with E-state index in [0.29, 0.717) is 5.92 Å². The van der Waals surface area contributed by atoms with Crippen molar-refractivity contribution in [2.45, 2.75) is 26.3 Å². The Kier molecular flexibility index (Phi) is 2.58. The van der Waals surface area contributed by atoms with Crippen molar-refractivity contribution < 1.29 is 4.79 Å². The van der Waals surface area contributed by atoms with Gasteiger partial charge in [0.15, 0.2) is 5.78 Å². The SMILES string of the molecule is CC(C)CC1N=CC=CC1=O. The molecule has 0 bridgehead atoms. The molecule has 1 aliphatic rings. The van der Waals surface area contributed by atoms with E-state index in [1.807, 2.05) is 0 Å². The van der Waals surface area contributed by atoms with Gasteiger partial charge in [-0.3, -0.25) is 9.79 Å². The van der Waals surface area contributed by atoms with Crippen LogP contribution in [0.4, 0.5) is 0 Å². The van der Waals surface area contributed by atoms with E-state index < -0.39 is 0 Å². The molecule has 0 spiro atoms. The van der Waals surface area contributed by atoms with Gasteiger partial charge in [0.1, 0.15) is 6.04 Å². The summed E-state index contributed by atoms with van der Waals surface area (Å²) in [6.45, 7) is 4.20. The number of allylic oxidation sites excluding steroid dienone is 1. The zero-order valence-corrected chi connectivity index (χ0v) is 6.95. The lowest BCUT2D eigenvalue weighted by Gasteiger charge is -2.12. The standard InChI is InChI=1S/C9H13NO/c1-7(2)6-8-9(11)4-3-5-10-8/h3-5,7-8H,6H2,1-2H3. The van der Waals surface area contributed by atoms with E-state index >= 15 is 0 Å². The Morgan fingerprint density at radius 1 is 1.64 bits per heavy atom. The molecule has 0 aromatic rings. The molecule has 11 heavy (non-hydrogen) atoms. The maximum Gasteiger partial charge on any atom is 0.180 e. The molecule has 0 fully saturated rings. The van der Waals surface area contributed by atoms with Crippen LogP contribution in [0.2, 0.25) is 0 Å². The Bertz CT molecular complexity index is 204. The second-order valence-electron chi connectivity index (χ2n) is 3.20. The third kappa shape index (κ3) is 2.30. The lowest BCUT2D eigenvalue weighted by Crippen LogP contribution is -2.20. The summed E-state index contributed by atoms with van der Waals surface area (Å²) in [5.74, 6) is 0.675. The molecule has 0 saturated heterocycles. The summed E-state index contributed by atoms with van der Waals surface area (Å²) in [5, 5.41) is 0. The van der Waals surface area contributed by atoms with Crippen LogP contribution in [0.15, 0.2) is 17.1 Å². The number of rotatable bonds is 2. The molecule has 0 amide bonds. The van der Waals surface area contributed by atoms with Crippen LogP contribution in [-0.4, -0.2) is 18.0 Å². The van der Waals surface area contributed by atoms with Crippen LogP contribution in [0.25, 0.3) is 0 Å². The monoisotopic (exact) mass is 151 g/mol. The number of dihydropyridines is 1. The number of hydrogen-bond donors (Lipinski definition) is 0. The molecule has 1 heterocycles. The fraction of sp³-hybridized carbons (Fsp3) is 0.556. The average molecular weight is 151 g/mol. The molecule has 0 radical (unpaired) electrons. The molecule has 60 valence electrons. The van der Waals surface area contributed by atoms with E-state index in [2.05, 4.69) is 18.8 Å². The van der Waals surface area contributed by atoms with E-state index in [1.54, 1.807) is 18.4 Å². The second kappa shape index (κ2) is 3.46. The van der Waals surface area contributed by atoms with Crippen molar-refractivity contribution in [2.75, 3.05) is 0 Å². The van der Waals surface area contributed by atoms with Crippen molar-refractivity contribution in [3.8, 4) is 0 Å². The predicted molar refractivity (Wildman–Crippen MR) is 45.9 cm³/mol. The minimum absolute atomic E-state index is 0.111. The van der Waals surface area contributed by atoms with Crippen molar-refractivity contribution in [1.82, 2.24) is 0 Å². The predicted octanol–water partition coefficient (Wildman–Crippen LogP) is 1.61. The van der Waals surface area contributed by atoms with E-state index in [-0.39, 0.29) is 11.8 Å². The van der Waals surface area contributed by atoms with Crippen LogP contribution in [0.5, 0.6) is 0 Å². The maximum atomic E-state index is 11.1. The average Bonchev–Trinajstić information content (AvgIpc) is 1.93. The first-order chi connectivity index (χ1) is 5.20. The highest BCUT2D eigenvalue weighted by molar-refractivity contribution is 6.00. The van der Waals surface area contributed by atoms with Crippen LogP contribution in [0, 0.1) is 5.92 Å². The summed E-state index contributed by atoms with van der Waals surface area (Å²) in [6, 6.07) is -0.111. The van der Waals surface area contributed by atoms with Gasteiger partial charge in [0.05, 0.1) is 0 Å². The zero-order valence-electron chi connectivity index (χ0n) is 6.95. The highest BCUT2D eigenvalue weighted by Gasteiger charge is 2.16. The van der Waals surface area contributed by atoms with Gasteiger partial charge >= 0.3 is 0 Å². The van der Waals surface area contributed by atoms with Gasteiger partial charge in [0.25, 0.3) is 0 Å². The number of nitrogens with zero attached hydrogens (tertiary/aromatic N) is 1. The Morgan fingerprint density at radius 3 is 2.91 bits per heavy atom. The normalized spacial score (nSPS) is 23.2. The van der Waals surface area contributed by atoms with Crippen molar-refractivity contribution in [3.05, 3.63) is 12.2 Å². The van der Waals surface area contributed by atoms with Crippen molar-refractivity contribution >= 4 is 12.0 Å². The largest absolute Gasteiger partial charge is 0.292 e. The highest BCUT2D eigenvalue weighted by atomic mass is 16.1. The minimum atomic E-state index is -0.111. The first-order valence-corrected chi connectivity index (χ1v) is 3.94. The molecule has 0 N–H and O–H groups in total. The van der Waals surface area contributed by atoms with E-state index in [4.69, 9.17) is 0 Å². The first-order valence-electron chi connectivity index (χ1n) is 3.94. The van der Waals surface area contributed by atoms with Crippen LogP contribution in [0.1, 0.15) is 20.3 Å². The van der Waals surface area contributed by atoms with Gasteiger partial charge in [0, 0.05) is 6.21 Å². The van der Waals surface area contributed by atoms with Crippen molar-refractivity contribution in [3.63, 3.8) is 0 Å². The van der Waals surface area contributed by atoms with Gasteiger partial charge in [-0.25, -0.2) is 0 Å². The molecule has 2 nitrogen and oxygen atoms in total. The molecule has 1 unspecified atom stereocenters. The Hall–Kier alpha value is -0.920. The molecule has 0 aliphatic carbocycles. The quantitative estimate of drug-likeness (QED) is 0.589. The number of carbonyl (C=O) groups excluding carboxylic acids is 1. The number of ketones is 1. The Morgan fingerprint density at radius 2 is 2.36 bits per heavy atom. The van der Waals surface area contributed by atoms with E-state index in [0.717, 1.165) is 6.42 Å². The molecular weight excluding hydrogens is 138 g/mol. The zero-order chi connectivity index (χ0) is 8.27. The summed E-state index contributed by atoms with van der Waals surface area (Å²) in [4.78, 5) is 15.2. The molecular formula is C9H13NO. The van der Waals surface area contributed by atoms with Gasteiger partial charge in [-0.05, 0) is 24.5 Å². The fourth-order valence-electron chi connectivity index (χ4n) is 1.10. The van der Waals surface area contributed by atoms with Gasteiger partial charge < -0.3 is 0 Å². The van der Waals surface area contributed by atoms with Crippen LogP contribution in [0.3, 0.4) is 0 Å². The summed E-state index contributed by atoms with van der Waals surface area (Å²) in [7, 11) is 0. The summed E-state index contributed by atoms with van der Waals surface area (Å²) in [5.41, 5.74) is 0. The van der Waals surface area contributed by atoms with Crippen LogP contribution < -0.4 is 0 Å². The van der Waals surface area contributed by atoms with Gasteiger partial charge in [0.2, 0.25) is 0 Å². The third-order valence-electron chi connectivity index (χ3n) is 1.64. The van der Waals surface area contributed by atoms with Gasteiger partial charge in [-0.1, -0.05) is 13.8 Å². The third-order valence-corrected chi connectivity index (χ3v) is 1.64. The first kappa shape index (κ1) is 8.18. The van der Waals surface area contributed by atoms with Crippen LogP contribution in [-0.2, 0) is 4.79 Å². The van der Waals surface area contributed by atoms with Gasteiger partial charge in [-0.2, -0.15) is 0 Å². The number of carbonyl (C=O) groups is 1. The lowest BCUT2D eigenvalue weighted by atomic mass is 9.99. The topological polar surface area (TPSA) is 29.4 Å². The highest BCUT2D eigenvalue weighted by Crippen LogP contribution is 2.11. The fourth-order valence-corrected chi connectivity index (χ4v) is 1.10. The van der Waals surface area contributed by atoms with Crippen molar-refractivity contribution in [2.24, 2.45) is 10.9 Å². The minimum Gasteiger partial charge on any atom is -0.292 e. The molecule has 0 aromatic carbocycles. The second-order valence-corrected chi connectivity index (χ2v) is 3.20. The summed E-state index contributed by atoms with van der Waals surface area (Å²) >= 11 is 0. The van der Waals surface area contributed by atoms with Gasteiger partial charge in [-0.15, -0.1) is 0 Å². The van der Waals surface area contributed by atoms with E-state index in [1.165, 1.54) is 0 Å². The lowest BCUT2D eigenvalue weighted by molar-refractivity contribution is -0.116. The molecule has 0 aromatic heterocycles. The van der Waals surface area contributed by atoms with Crippen molar-refractivity contribution in [1.29, 1.82) is 0 Å². The van der Waals surface area contributed by atoms with E-state index in [9.17, 15) is 4.79 Å². The molecule has 0 saturated carbocycles. The molecule has 1 aliphatic heterocycles. The smallest absolute Gasteiger partial charge is 0.180 e. The molecule has 1 rings (SSSR count). The number of aliphatic imine (C=N–C) groups is 1. The Labute approximate surface area is 67.0 Å².